The zero-order valence-electron chi connectivity index (χ0n) is 19.5. The number of rotatable bonds is 6. The summed E-state index contributed by atoms with van der Waals surface area (Å²) in [5, 5.41) is 0. The molecule has 5 heteroatoms. The van der Waals surface area contributed by atoms with Gasteiger partial charge < -0.3 is 9.47 Å². The molecule has 31 heavy (non-hydrogen) atoms. The van der Waals surface area contributed by atoms with Crippen LogP contribution < -0.4 is 0 Å². The molecule has 0 radical (unpaired) electrons. The first-order chi connectivity index (χ1) is 14.7. The molecule has 0 N–H and O–H groups in total. The minimum atomic E-state index is -0.704. The van der Waals surface area contributed by atoms with Crippen LogP contribution in [0.25, 0.3) is 0 Å². The number of ether oxygens (including phenoxy) is 2. The van der Waals surface area contributed by atoms with E-state index < -0.39 is 11.3 Å². The van der Waals surface area contributed by atoms with Crippen molar-refractivity contribution >= 4 is 11.8 Å². The normalized spacial score (nSPS) is 18.8. The van der Waals surface area contributed by atoms with E-state index in [0.29, 0.717) is 6.61 Å². The van der Waals surface area contributed by atoms with Gasteiger partial charge in [-0.25, -0.2) is 4.79 Å². The van der Waals surface area contributed by atoms with Crippen LogP contribution in [0.3, 0.4) is 0 Å². The van der Waals surface area contributed by atoms with Crippen molar-refractivity contribution in [3.05, 3.63) is 71.8 Å². The van der Waals surface area contributed by atoms with E-state index in [1.54, 1.807) is 4.90 Å². The molecule has 1 aliphatic rings. The first-order valence-electron chi connectivity index (χ1n) is 11.0. The average Bonchev–Trinajstić information content (AvgIpc) is 2.97. The Morgan fingerprint density at radius 2 is 1.55 bits per heavy atom. The number of carbonyl (C=O) groups is 1. The molecule has 3 rings (SSSR count). The zero-order valence-corrected chi connectivity index (χ0v) is 19.5. The number of aliphatic imine (C=N–C) groups is 1. The second-order valence-electron chi connectivity index (χ2n) is 9.16. The largest absolute Gasteiger partial charge is 0.444 e. The molecule has 1 heterocycles. The molecule has 0 unspecified atom stereocenters. The van der Waals surface area contributed by atoms with Crippen molar-refractivity contribution in [3.8, 4) is 0 Å². The molecule has 0 bridgehead atoms. The molecule has 2 aromatic carbocycles. The van der Waals surface area contributed by atoms with E-state index >= 15 is 0 Å². The predicted molar refractivity (Wildman–Crippen MR) is 124 cm³/mol. The fourth-order valence-electron chi connectivity index (χ4n) is 4.17. The molecular weight excluding hydrogens is 388 g/mol. The van der Waals surface area contributed by atoms with E-state index in [2.05, 4.69) is 31.2 Å². The first-order valence-corrected chi connectivity index (χ1v) is 11.0. The van der Waals surface area contributed by atoms with Crippen molar-refractivity contribution in [2.24, 2.45) is 4.99 Å². The molecule has 1 fully saturated rings. The van der Waals surface area contributed by atoms with Crippen molar-refractivity contribution in [1.82, 2.24) is 4.90 Å². The van der Waals surface area contributed by atoms with Crippen LogP contribution >= 0.6 is 0 Å². The average molecular weight is 423 g/mol. The minimum Gasteiger partial charge on any atom is -0.444 e. The van der Waals surface area contributed by atoms with E-state index in [0.717, 1.165) is 23.3 Å². The van der Waals surface area contributed by atoms with Gasteiger partial charge in [-0.2, -0.15) is 0 Å². The van der Waals surface area contributed by atoms with Gasteiger partial charge in [0.05, 0.1) is 23.9 Å². The Kier molecular flexibility index (Phi) is 6.85. The molecule has 0 aromatic heterocycles. The van der Waals surface area contributed by atoms with Gasteiger partial charge in [0.2, 0.25) is 0 Å². The third kappa shape index (κ3) is 5.16. The smallest absolute Gasteiger partial charge is 0.412 e. The Balaban J connectivity index is 1.87. The maximum absolute atomic E-state index is 13.1. The van der Waals surface area contributed by atoms with Crippen LogP contribution in [0.1, 0.15) is 59.1 Å². The van der Waals surface area contributed by atoms with Crippen molar-refractivity contribution < 1.29 is 14.3 Å². The Hall–Kier alpha value is -2.66. The lowest BCUT2D eigenvalue weighted by atomic mass is 10.0. The van der Waals surface area contributed by atoms with Crippen LogP contribution in [0.2, 0.25) is 0 Å². The maximum Gasteiger partial charge on any atom is 0.412 e. The van der Waals surface area contributed by atoms with Gasteiger partial charge >= 0.3 is 6.09 Å². The highest BCUT2D eigenvalue weighted by atomic mass is 16.6. The summed E-state index contributed by atoms with van der Waals surface area (Å²) in [5.74, 6) is 0. The lowest BCUT2D eigenvalue weighted by molar-refractivity contribution is -0.0587. The molecular formula is C26H34N2O3. The lowest BCUT2D eigenvalue weighted by Crippen LogP contribution is -2.53. The summed E-state index contributed by atoms with van der Waals surface area (Å²) < 4.78 is 11.8. The van der Waals surface area contributed by atoms with Crippen molar-refractivity contribution in [1.29, 1.82) is 0 Å². The van der Waals surface area contributed by atoms with Crippen molar-refractivity contribution in [2.75, 3.05) is 6.61 Å². The van der Waals surface area contributed by atoms with Gasteiger partial charge in [-0.3, -0.25) is 9.89 Å². The lowest BCUT2D eigenvalue weighted by Gasteiger charge is -2.37. The van der Waals surface area contributed by atoms with Crippen LogP contribution in [0.15, 0.2) is 65.7 Å². The molecule has 0 saturated carbocycles. The van der Waals surface area contributed by atoms with E-state index in [-0.39, 0.29) is 18.2 Å². The van der Waals surface area contributed by atoms with Crippen LogP contribution in [-0.2, 0) is 9.47 Å². The van der Waals surface area contributed by atoms with Gasteiger partial charge in [0.15, 0.2) is 0 Å². The molecule has 2 atom stereocenters. The van der Waals surface area contributed by atoms with Gasteiger partial charge in [0.1, 0.15) is 11.8 Å². The molecule has 0 spiro atoms. The summed E-state index contributed by atoms with van der Waals surface area (Å²) in [4.78, 5) is 19.9. The van der Waals surface area contributed by atoms with Crippen LogP contribution in [0.5, 0.6) is 0 Å². The molecule has 1 amide bonds. The summed E-state index contributed by atoms with van der Waals surface area (Å²) in [6.45, 7) is 12.2. The third-order valence-electron chi connectivity index (χ3n) is 5.74. The monoisotopic (exact) mass is 422 g/mol. The van der Waals surface area contributed by atoms with E-state index in [1.165, 1.54) is 0 Å². The van der Waals surface area contributed by atoms with E-state index in [1.807, 2.05) is 71.0 Å². The number of carbonyl (C=O) groups excluding carboxylic acids is 1. The predicted octanol–water partition coefficient (Wildman–Crippen LogP) is 5.67. The molecule has 0 aliphatic carbocycles. The number of hydrogen-bond donors (Lipinski definition) is 0. The first kappa shape index (κ1) is 23.0. The fraction of sp³-hybridized carbons (Fsp3) is 0.462. The van der Waals surface area contributed by atoms with Gasteiger partial charge in [-0.05, 0) is 41.0 Å². The van der Waals surface area contributed by atoms with Crippen LogP contribution in [0.4, 0.5) is 4.79 Å². The van der Waals surface area contributed by atoms with Gasteiger partial charge in [-0.15, -0.1) is 0 Å². The highest BCUT2D eigenvalue weighted by Crippen LogP contribution is 2.35. The summed E-state index contributed by atoms with van der Waals surface area (Å²) in [7, 11) is 0. The summed E-state index contributed by atoms with van der Waals surface area (Å²) in [6.07, 6.45) is 0.00251. The summed E-state index contributed by atoms with van der Waals surface area (Å²) >= 11 is 0. The van der Waals surface area contributed by atoms with Crippen molar-refractivity contribution in [2.45, 2.75) is 71.4 Å². The number of benzene rings is 2. The van der Waals surface area contributed by atoms with Crippen LogP contribution in [0, 0.1) is 0 Å². The van der Waals surface area contributed by atoms with Gasteiger partial charge in [0, 0.05) is 11.1 Å². The Labute approximate surface area is 186 Å². The quantitative estimate of drug-likeness (QED) is 0.563. The second kappa shape index (κ2) is 9.23. The maximum atomic E-state index is 13.1. The summed E-state index contributed by atoms with van der Waals surface area (Å²) in [6, 6.07) is 20.1. The zero-order chi connectivity index (χ0) is 22.6. The summed E-state index contributed by atoms with van der Waals surface area (Å²) in [5.41, 5.74) is 1.86. The van der Waals surface area contributed by atoms with Crippen molar-refractivity contribution in [3.63, 3.8) is 0 Å². The molecule has 1 aliphatic heterocycles. The highest BCUT2D eigenvalue weighted by Gasteiger charge is 2.50. The fourth-order valence-corrected chi connectivity index (χ4v) is 4.17. The topological polar surface area (TPSA) is 51.1 Å². The third-order valence-corrected chi connectivity index (χ3v) is 5.74. The second-order valence-corrected chi connectivity index (χ2v) is 9.16. The molecule has 5 nitrogen and oxygen atoms in total. The Bertz CT molecular complexity index is 849. The minimum absolute atomic E-state index is 0.172. The number of nitrogens with zero attached hydrogens (tertiary/aromatic N) is 2. The Morgan fingerprint density at radius 1 is 1.03 bits per heavy atom. The van der Waals surface area contributed by atoms with Gasteiger partial charge in [0.25, 0.3) is 0 Å². The molecule has 2 aromatic rings. The highest BCUT2D eigenvalue weighted by molar-refractivity contribution is 6.13. The van der Waals surface area contributed by atoms with E-state index in [9.17, 15) is 4.79 Å². The van der Waals surface area contributed by atoms with E-state index in [4.69, 9.17) is 14.5 Å². The van der Waals surface area contributed by atoms with Crippen LogP contribution in [-0.4, -0.2) is 46.7 Å². The molecule has 1 saturated heterocycles. The standard InChI is InChI=1S/C26H34N2O3/c1-7-22(19(2)31-24(29)28-25(3,4)18-30-26(28,5)6)27-23(20-14-10-8-11-15-20)21-16-12-9-13-17-21/h8-17,19,22H,7,18H2,1-6H3/t19-,22+/m0/s1. The number of hydrogen-bond acceptors (Lipinski definition) is 4. The number of amides is 1. The van der Waals surface area contributed by atoms with Gasteiger partial charge in [-0.1, -0.05) is 67.6 Å². The SMILES string of the molecule is CC[C@@H](N=C(c1ccccc1)c1ccccc1)[C@H](C)OC(=O)N1C(C)(C)COC1(C)C. The Morgan fingerprint density at radius 3 is 1.97 bits per heavy atom. The molecule has 166 valence electrons.